The van der Waals surface area contributed by atoms with Gasteiger partial charge in [-0.15, -0.1) is 11.3 Å². The molecule has 11 aromatic rings. The first-order chi connectivity index (χ1) is 25.3. The fraction of sp³-hybridized carbons (Fsp3) is 0. The number of fused-ring (bicyclic) bond motifs is 12. The van der Waals surface area contributed by atoms with E-state index in [1.165, 1.54) is 85.9 Å². The van der Waals surface area contributed by atoms with Crippen molar-refractivity contribution < 1.29 is 0 Å². The second kappa shape index (κ2) is 11.0. The lowest BCUT2D eigenvalue weighted by molar-refractivity contribution is 1.38. The molecule has 0 aliphatic rings. The zero-order valence-electron chi connectivity index (χ0n) is 27.5. The Bertz CT molecular complexity index is 3170. The number of nitrogens with zero attached hydrogens (tertiary/aromatic N) is 2. The van der Waals surface area contributed by atoms with Gasteiger partial charge in [-0.2, -0.15) is 0 Å². The normalized spacial score (nSPS) is 11.9. The summed E-state index contributed by atoms with van der Waals surface area (Å²) in [6, 6.07) is 57.6. The van der Waals surface area contributed by atoms with E-state index >= 15 is 0 Å². The van der Waals surface area contributed by atoms with Crippen molar-refractivity contribution in [2.45, 2.75) is 0 Å². The molecule has 0 saturated carbocycles. The van der Waals surface area contributed by atoms with E-state index in [4.69, 9.17) is 9.97 Å². The van der Waals surface area contributed by atoms with Crippen molar-refractivity contribution in [3.63, 3.8) is 0 Å². The summed E-state index contributed by atoms with van der Waals surface area (Å²) in [6.45, 7) is 0. The summed E-state index contributed by atoms with van der Waals surface area (Å²) in [5, 5.41) is 12.5. The van der Waals surface area contributed by atoms with Crippen LogP contribution in [0.5, 0.6) is 0 Å². The molecule has 3 heterocycles. The molecule has 3 aromatic heterocycles. The minimum atomic E-state index is 0.961. The molecule has 2 nitrogen and oxygen atoms in total. The van der Waals surface area contributed by atoms with E-state index in [1.54, 1.807) is 0 Å². The van der Waals surface area contributed by atoms with Gasteiger partial charge < -0.3 is 0 Å². The molecular formula is C48H28N2S. The van der Waals surface area contributed by atoms with Gasteiger partial charge in [0.2, 0.25) is 0 Å². The summed E-state index contributed by atoms with van der Waals surface area (Å²) in [5.74, 6) is 0. The maximum absolute atomic E-state index is 4.82. The Balaban J connectivity index is 1.08. The van der Waals surface area contributed by atoms with E-state index in [1.807, 2.05) is 29.8 Å². The highest BCUT2D eigenvalue weighted by Gasteiger charge is 2.17. The number of hydrogen-bond donors (Lipinski definition) is 0. The highest BCUT2D eigenvalue weighted by Crippen LogP contribution is 2.44. The number of thiophene rings is 1. The average Bonchev–Trinajstić information content (AvgIpc) is 3.59. The van der Waals surface area contributed by atoms with Gasteiger partial charge in [-0.25, -0.2) is 0 Å². The Labute approximate surface area is 297 Å². The van der Waals surface area contributed by atoms with Gasteiger partial charge in [0.05, 0.1) is 11.0 Å². The molecule has 0 aliphatic carbocycles. The molecule has 0 atom stereocenters. The third-order valence-corrected chi connectivity index (χ3v) is 11.7. The highest BCUT2D eigenvalue weighted by atomic mass is 32.1. The smallest absolute Gasteiger partial charge is 0.0817 e. The first-order valence-electron chi connectivity index (χ1n) is 17.3. The van der Waals surface area contributed by atoms with Crippen molar-refractivity contribution >= 4 is 85.6 Å². The summed E-state index contributed by atoms with van der Waals surface area (Å²) in [6.07, 6.45) is 3.80. The summed E-state index contributed by atoms with van der Waals surface area (Å²) in [7, 11) is 0. The number of hydrogen-bond acceptors (Lipinski definition) is 3. The van der Waals surface area contributed by atoms with Crippen molar-refractivity contribution in [3.05, 3.63) is 170 Å². The van der Waals surface area contributed by atoms with Gasteiger partial charge >= 0.3 is 0 Å². The van der Waals surface area contributed by atoms with Crippen molar-refractivity contribution in [2.75, 3.05) is 0 Å². The predicted molar refractivity (Wildman–Crippen MR) is 219 cm³/mol. The molecule has 0 spiro atoms. The van der Waals surface area contributed by atoms with Crippen LogP contribution < -0.4 is 0 Å². The molecule has 8 aromatic carbocycles. The summed E-state index contributed by atoms with van der Waals surface area (Å²) < 4.78 is 2.56. The quantitative estimate of drug-likeness (QED) is 0.176. The Kier molecular flexibility index (Phi) is 6.16. The molecule has 0 saturated heterocycles. The highest BCUT2D eigenvalue weighted by molar-refractivity contribution is 7.26. The summed E-state index contributed by atoms with van der Waals surface area (Å²) in [4.78, 5) is 9.64. The maximum atomic E-state index is 4.82. The van der Waals surface area contributed by atoms with Crippen molar-refractivity contribution in [2.24, 2.45) is 0 Å². The Morgan fingerprint density at radius 3 is 1.75 bits per heavy atom. The van der Waals surface area contributed by atoms with Gasteiger partial charge in [0.15, 0.2) is 0 Å². The van der Waals surface area contributed by atoms with Crippen LogP contribution in [0.3, 0.4) is 0 Å². The molecule has 0 N–H and O–H groups in total. The van der Waals surface area contributed by atoms with Crippen molar-refractivity contribution in [1.29, 1.82) is 0 Å². The van der Waals surface area contributed by atoms with Crippen LogP contribution in [0.1, 0.15) is 0 Å². The summed E-state index contributed by atoms with van der Waals surface area (Å²) >= 11 is 1.85. The molecule has 0 bridgehead atoms. The number of rotatable bonds is 3. The maximum Gasteiger partial charge on any atom is 0.0817 e. The van der Waals surface area contributed by atoms with Crippen LogP contribution >= 0.6 is 11.3 Å². The second-order valence-electron chi connectivity index (χ2n) is 13.3. The minimum Gasteiger partial charge on any atom is -0.255 e. The van der Waals surface area contributed by atoms with Crippen LogP contribution in [-0.2, 0) is 0 Å². The molecule has 0 unspecified atom stereocenters. The van der Waals surface area contributed by atoms with Gasteiger partial charge in [0.1, 0.15) is 0 Å². The predicted octanol–water partition coefficient (Wildman–Crippen LogP) is 13.6. The molecular weight excluding hydrogens is 637 g/mol. The van der Waals surface area contributed by atoms with E-state index < -0.39 is 0 Å². The zero-order valence-corrected chi connectivity index (χ0v) is 28.3. The van der Waals surface area contributed by atoms with Crippen LogP contribution in [0.4, 0.5) is 0 Å². The van der Waals surface area contributed by atoms with Crippen LogP contribution in [0.25, 0.3) is 108 Å². The molecule has 0 amide bonds. The van der Waals surface area contributed by atoms with Gasteiger partial charge in [0.25, 0.3) is 0 Å². The lowest BCUT2D eigenvalue weighted by Gasteiger charge is -2.13. The molecule has 236 valence electrons. The first kappa shape index (κ1) is 28.4. The lowest BCUT2D eigenvalue weighted by atomic mass is 9.91. The topological polar surface area (TPSA) is 25.8 Å². The third kappa shape index (κ3) is 4.35. The van der Waals surface area contributed by atoms with Gasteiger partial charge in [-0.3, -0.25) is 9.97 Å². The molecule has 0 aliphatic heterocycles. The fourth-order valence-corrected chi connectivity index (χ4v) is 9.30. The zero-order chi connectivity index (χ0) is 33.5. The first-order valence-corrected chi connectivity index (χ1v) is 18.1. The van der Waals surface area contributed by atoms with E-state index in [-0.39, 0.29) is 0 Å². The van der Waals surface area contributed by atoms with Crippen LogP contribution in [0, 0.1) is 0 Å². The number of pyridine rings is 2. The van der Waals surface area contributed by atoms with Gasteiger partial charge in [0, 0.05) is 43.3 Å². The SMILES string of the molecule is c1cc(-c2ccc3c4ccccc4c4ccccc4c3c2)cc(-c2ccc3sc4cccc(-c5cccc6ncc7cccnc7c56)c4c3c2)c1. The largest absolute Gasteiger partial charge is 0.255 e. The molecule has 0 fully saturated rings. The third-order valence-electron chi connectivity index (χ3n) is 10.5. The molecule has 11 rings (SSSR count). The Morgan fingerprint density at radius 1 is 0.373 bits per heavy atom. The van der Waals surface area contributed by atoms with Crippen molar-refractivity contribution in [1.82, 2.24) is 9.97 Å². The number of benzene rings is 8. The summed E-state index contributed by atoms with van der Waals surface area (Å²) in [5.41, 5.74) is 9.18. The molecule has 51 heavy (non-hydrogen) atoms. The van der Waals surface area contributed by atoms with E-state index in [9.17, 15) is 0 Å². The Hall–Kier alpha value is -6.42. The van der Waals surface area contributed by atoms with Gasteiger partial charge in [-0.05, 0) is 114 Å². The van der Waals surface area contributed by atoms with E-state index in [0.29, 0.717) is 0 Å². The number of aromatic nitrogens is 2. The van der Waals surface area contributed by atoms with Gasteiger partial charge in [-0.1, -0.05) is 109 Å². The van der Waals surface area contributed by atoms with Crippen LogP contribution in [0.15, 0.2) is 170 Å². The monoisotopic (exact) mass is 664 g/mol. The fourth-order valence-electron chi connectivity index (χ4n) is 8.19. The lowest BCUT2D eigenvalue weighted by Crippen LogP contribution is -1.89. The Morgan fingerprint density at radius 2 is 0.980 bits per heavy atom. The average molecular weight is 665 g/mol. The van der Waals surface area contributed by atoms with Crippen molar-refractivity contribution in [3.8, 4) is 33.4 Å². The van der Waals surface area contributed by atoms with E-state index in [2.05, 4.69) is 152 Å². The molecule has 0 radical (unpaired) electrons. The van der Waals surface area contributed by atoms with Crippen LogP contribution in [-0.4, -0.2) is 9.97 Å². The second-order valence-corrected chi connectivity index (χ2v) is 14.4. The van der Waals surface area contributed by atoms with E-state index in [0.717, 1.165) is 21.8 Å². The minimum absolute atomic E-state index is 0.961. The van der Waals surface area contributed by atoms with Crippen LogP contribution in [0.2, 0.25) is 0 Å². The standard InChI is InChI=1S/C48H28N2S/c1-2-14-36-34(12-1)35-13-3-4-15-37(35)41-26-31(20-22-38(36)41)29-9-5-10-30(25-29)32-21-23-44-42(27-32)46-39(17-7-19-45(46)51-44)40-16-6-18-43-47(40)48-33(28-50-43)11-8-24-49-48/h1-28H. The molecule has 3 heteroatoms.